The second kappa shape index (κ2) is 9.71. The molecule has 0 fully saturated rings. The molecule has 0 bridgehead atoms. The number of rotatable bonds is 4. The lowest BCUT2D eigenvalue weighted by Gasteiger charge is -2.44. The number of ketones is 1. The van der Waals surface area contributed by atoms with E-state index in [4.69, 9.17) is 0 Å². The molecule has 0 aromatic heterocycles. The van der Waals surface area contributed by atoms with Gasteiger partial charge in [0.25, 0.3) is 10.0 Å². The minimum atomic E-state index is -4.71. The zero-order valence-electron chi connectivity index (χ0n) is 20.2. The predicted molar refractivity (Wildman–Crippen MR) is 135 cm³/mol. The number of carbonyl (C=O) groups excluding carboxylic acids is 2. The molecule has 0 spiro atoms. The van der Waals surface area contributed by atoms with Crippen molar-refractivity contribution in [1.29, 1.82) is 5.26 Å². The van der Waals surface area contributed by atoms with E-state index in [1.165, 1.54) is 54.6 Å². The number of carbonyl (C=O) groups is 2. The number of amides is 2. The van der Waals surface area contributed by atoms with E-state index in [1.807, 2.05) is 6.07 Å². The van der Waals surface area contributed by atoms with Gasteiger partial charge in [0.1, 0.15) is 6.04 Å². The van der Waals surface area contributed by atoms with Crippen LogP contribution in [0.3, 0.4) is 0 Å². The van der Waals surface area contributed by atoms with Crippen LogP contribution in [0.2, 0.25) is 0 Å². The number of nitrogens with zero attached hydrogens (tertiary/aromatic N) is 3. The van der Waals surface area contributed by atoms with E-state index in [0.717, 1.165) is 23.1 Å². The molecule has 1 atom stereocenters. The van der Waals surface area contributed by atoms with Crippen LogP contribution in [-0.2, 0) is 21.0 Å². The van der Waals surface area contributed by atoms with Gasteiger partial charge < -0.3 is 0 Å². The summed E-state index contributed by atoms with van der Waals surface area (Å²) in [6, 6.07) is 16.4. The Morgan fingerprint density at radius 1 is 0.897 bits per heavy atom. The number of Topliss-reactive ketones (excluding diaryl/α,β-unsaturated/α-hetero) is 1. The summed E-state index contributed by atoms with van der Waals surface area (Å²) < 4.78 is 69.2. The van der Waals surface area contributed by atoms with E-state index in [0.29, 0.717) is 10.7 Å². The number of benzene rings is 3. The molecule has 2 aliphatic rings. The SMILES string of the molecule is N#Cc1ccc(C2C3=C(CCCC3=O)N(c3cccc(C(F)(F)F)c3)C(=O)N2S(=O)(=O)c2ccccc2)cc1. The lowest BCUT2D eigenvalue weighted by Crippen LogP contribution is -2.54. The highest BCUT2D eigenvalue weighted by Gasteiger charge is 2.50. The summed E-state index contributed by atoms with van der Waals surface area (Å²) in [6.45, 7) is 0. The fourth-order valence-corrected chi connectivity index (χ4v) is 6.43. The number of anilines is 1. The Hall–Kier alpha value is -4.43. The number of nitriles is 1. The lowest BCUT2D eigenvalue weighted by atomic mass is 9.84. The van der Waals surface area contributed by atoms with Crippen molar-refractivity contribution in [3.63, 3.8) is 0 Å². The van der Waals surface area contributed by atoms with Gasteiger partial charge in [-0.15, -0.1) is 0 Å². The normalized spacial score (nSPS) is 18.2. The third-order valence-electron chi connectivity index (χ3n) is 6.67. The number of alkyl halides is 3. The summed E-state index contributed by atoms with van der Waals surface area (Å²) in [6.07, 6.45) is -4.12. The van der Waals surface area contributed by atoms with E-state index in [1.54, 1.807) is 6.07 Å². The predicted octanol–water partition coefficient (Wildman–Crippen LogP) is 5.96. The van der Waals surface area contributed by atoms with Gasteiger partial charge in [-0.1, -0.05) is 36.4 Å². The first-order valence-electron chi connectivity index (χ1n) is 11.9. The Bertz CT molecular complexity index is 1640. The highest BCUT2D eigenvalue weighted by atomic mass is 32.2. The van der Waals surface area contributed by atoms with Crippen LogP contribution in [0.15, 0.2) is 95.0 Å². The Labute approximate surface area is 222 Å². The van der Waals surface area contributed by atoms with Gasteiger partial charge >= 0.3 is 12.2 Å². The van der Waals surface area contributed by atoms with Crippen molar-refractivity contribution in [2.24, 2.45) is 0 Å². The largest absolute Gasteiger partial charge is 0.416 e. The minimum absolute atomic E-state index is 0.0162. The molecule has 198 valence electrons. The Morgan fingerprint density at radius 3 is 2.23 bits per heavy atom. The van der Waals surface area contributed by atoms with Crippen LogP contribution in [0, 0.1) is 11.3 Å². The molecular formula is C28H20F3N3O4S. The number of hydrogen-bond donors (Lipinski definition) is 0. The van der Waals surface area contributed by atoms with Gasteiger partial charge in [-0.05, 0) is 60.9 Å². The smallest absolute Gasteiger partial charge is 0.294 e. The fourth-order valence-electron chi connectivity index (χ4n) is 4.91. The van der Waals surface area contributed by atoms with Gasteiger partial charge in [0.2, 0.25) is 0 Å². The summed E-state index contributed by atoms with van der Waals surface area (Å²) in [5.74, 6) is -0.414. The maximum Gasteiger partial charge on any atom is 0.416 e. The van der Waals surface area contributed by atoms with Crippen molar-refractivity contribution in [2.45, 2.75) is 36.4 Å². The monoisotopic (exact) mass is 551 g/mol. The summed E-state index contributed by atoms with van der Waals surface area (Å²) in [5.41, 5.74) is -0.499. The molecule has 1 unspecified atom stereocenters. The fraction of sp³-hybridized carbons (Fsp3) is 0.179. The standard InChI is InChI=1S/C28H20F3N3O4S/c29-28(30,31)20-6-4-7-21(16-20)33-23-10-5-11-24(35)25(23)26(19-14-12-18(17-32)13-15-19)34(27(33)36)39(37,38)22-8-2-1-3-9-22/h1-4,6-9,12-16,26H,5,10-11H2. The molecule has 0 N–H and O–H groups in total. The van der Waals surface area contributed by atoms with Gasteiger partial charge in [-0.3, -0.25) is 9.69 Å². The zero-order chi connectivity index (χ0) is 27.9. The minimum Gasteiger partial charge on any atom is -0.294 e. The second-order valence-electron chi connectivity index (χ2n) is 9.05. The highest BCUT2D eigenvalue weighted by molar-refractivity contribution is 7.89. The van der Waals surface area contributed by atoms with Gasteiger partial charge in [0.15, 0.2) is 5.78 Å². The summed E-state index contributed by atoms with van der Waals surface area (Å²) in [7, 11) is -4.61. The van der Waals surface area contributed by atoms with E-state index in [9.17, 15) is 36.4 Å². The first-order valence-corrected chi connectivity index (χ1v) is 13.3. The van der Waals surface area contributed by atoms with Crippen LogP contribution in [0.4, 0.5) is 23.7 Å². The molecule has 7 nitrogen and oxygen atoms in total. The van der Waals surface area contributed by atoms with Crippen molar-refractivity contribution in [3.8, 4) is 6.07 Å². The van der Waals surface area contributed by atoms with Crippen molar-refractivity contribution in [2.75, 3.05) is 4.90 Å². The van der Waals surface area contributed by atoms with Crippen LogP contribution < -0.4 is 4.90 Å². The van der Waals surface area contributed by atoms with Crippen LogP contribution in [0.1, 0.15) is 42.0 Å². The van der Waals surface area contributed by atoms with Gasteiger partial charge in [0, 0.05) is 17.7 Å². The van der Waals surface area contributed by atoms with Crippen molar-refractivity contribution >= 4 is 27.5 Å². The quantitative estimate of drug-likeness (QED) is 0.399. The molecule has 0 saturated carbocycles. The molecule has 2 amide bonds. The van der Waals surface area contributed by atoms with Crippen molar-refractivity contribution in [1.82, 2.24) is 4.31 Å². The van der Waals surface area contributed by atoms with E-state index >= 15 is 0 Å². The highest BCUT2D eigenvalue weighted by Crippen LogP contribution is 2.46. The molecule has 1 heterocycles. The molecule has 3 aromatic rings. The number of hydrogen-bond acceptors (Lipinski definition) is 5. The third-order valence-corrected chi connectivity index (χ3v) is 8.43. The number of allylic oxidation sites excluding steroid dienone is 1. The summed E-state index contributed by atoms with van der Waals surface area (Å²) in [5, 5.41) is 9.22. The second-order valence-corrected chi connectivity index (χ2v) is 10.9. The first-order chi connectivity index (χ1) is 18.5. The number of urea groups is 1. The molecule has 5 rings (SSSR count). The molecule has 11 heteroatoms. The number of halogens is 3. The van der Waals surface area contributed by atoms with Crippen LogP contribution in [0.5, 0.6) is 0 Å². The van der Waals surface area contributed by atoms with Gasteiger partial charge in [-0.2, -0.15) is 18.4 Å². The number of sulfonamides is 1. The lowest BCUT2D eigenvalue weighted by molar-refractivity contribution is -0.137. The molecular weight excluding hydrogens is 531 g/mol. The molecule has 1 aliphatic heterocycles. The average molecular weight is 552 g/mol. The summed E-state index contributed by atoms with van der Waals surface area (Å²) in [4.78, 5) is 28.2. The van der Waals surface area contributed by atoms with E-state index in [2.05, 4.69) is 0 Å². The summed E-state index contributed by atoms with van der Waals surface area (Å²) >= 11 is 0. The van der Waals surface area contributed by atoms with Crippen LogP contribution in [-0.4, -0.2) is 24.5 Å². The molecule has 0 radical (unpaired) electrons. The van der Waals surface area contributed by atoms with Crippen LogP contribution >= 0.6 is 0 Å². The van der Waals surface area contributed by atoms with Crippen LogP contribution in [0.25, 0.3) is 0 Å². The van der Waals surface area contributed by atoms with E-state index < -0.39 is 39.6 Å². The molecule has 39 heavy (non-hydrogen) atoms. The Kier molecular flexibility index (Phi) is 6.52. The third kappa shape index (κ3) is 4.57. The molecule has 1 aliphatic carbocycles. The molecule has 0 saturated heterocycles. The topological polar surface area (TPSA) is 98.5 Å². The Morgan fingerprint density at radius 2 is 1.59 bits per heavy atom. The average Bonchev–Trinajstić information content (AvgIpc) is 2.92. The maximum absolute atomic E-state index is 14.2. The van der Waals surface area contributed by atoms with Gasteiger partial charge in [-0.25, -0.2) is 17.5 Å². The Balaban J connectivity index is 1.80. The van der Waals surface area contributed by atoms with Crippen molar-refractivity contribution < 1.29 is 31.2 Å². The zero-order valence-corrected chi connectivity index (χ0v) is 21.0. The maximum atomic E-state index is 14.2. The molecule has 3 aromatic carbocycles. The van der Waals surface area contributed by atoms with Crippen molar-refractivity contribution in [3.05, 3.63) is 107 Å². The van der Waals surface area contributed by atoms with E-state index in [-0.39, 0.29) is 45.8 Å². The van der Waals surface area contributed by atoms with Gasteiger partial charge in [0.05, 0.1) is 27.8 Å². The first kappa shape index (κ1) is 26.2.